The van der Waals surface area contributed by atoms with Crippen LogP contribution in [0.5, 0.6) is 0 Å². The Morgan fingerprint density at radius 3 is 2.52 bits per heavy atom. The third-order valence-electron chi connectivity index (χ3n) is 7.36. The van der Waals surface area contributed by atoms with E-state index in [2.05, 4.69) is 27.0 Å². The zero-order valence-electron chi connectivity index (χ0n) is 22.6. The van der Waals surface area contributed by atoms with Crippen molar-refractivity contribution in [1.29, 1.82) is 0 Å². The minimum absolute atomic E-state index is 0.0546. The summed E-state index contributed by atoms with van der Waals surface area (Å²) in [7, 11) is 0. The molecule has 218 valence electrons. The first-order chi connectivity index (χ1) is 19.2. The molecule has 3 aromatic rings. The second kappa shape index (κ2) is 13.5. The largest absolute Gasteiger partial charge is 0.435 e. The van der Waals surface area contributed by atoms with Crippen LogP contribution in [0.4, 0.5) is 13.2 Å². The number of nitrogens with one attached hydrogen (secondary N) is 1. The number of nitrogens with zero attached hydrogens (tertiary/aromatic N) is 6. The molecule has 5 heterocycles. The molecule has 0 bridgehead atoms. The van der Waals surface area contributed by atoms with E-state index in [0.717, 1.165) is 54.8 Å². The number of fused-ring (bicyclic) bond motifs is 1. The molecule has 9 nitrogen and oxygen atoms in total. The number of rotatable bonds is 6. The van der Waals surface area contributed by atoms with Crippen LogP contribution in [0.1, 0.15) is 81.8 Å². The third kappa shape index (κ3) is 7.74. The molecule has 3 aromatic heterocycles. The molecule has 0 aliphatic carbocycles. The van der Waals surface area contributed by atoms with Gasteiger partial charge in [-0.25, -0.2) is 14.5 Å². The van der Waals surface area contributed by atoms with Crippen LogP contribution in [0, 0.1) is 5.92 Å². The van der Waals surface area contributed by atoms with Gasteiger partial charge in [-0.2, -0.15) is 18.3 Å². The second-order valence-electron chi connectivity index (χ2n) is 10.3. The van der Waals surface area contributed by atoms with E-state index in [0.29, 0.717) is 31.8 Å². The molecule has 2 aliphatic heterocycles. The Morgan fingerprint density at radius 1 is 1.02 bits per heavy atom. The highest BCUT2D eigenvalue weighted by molar-refractivity contribution is 6.29. The summed E-state index contributed by atoms with van der Waals surface area (Å²) in [4.78, 5) is 38.1. The van der Waals surface area contributed by atoms with Crippen molar-refractivity contribution in [2.75, 3.05) is 13.1 Å². The predicted molar refractivity (Wildman–Crippen MR) is 143 cm³/mol. The van der Waals surface area contributed by atoms with Crippen LogP contribution in [0.25, 0.3) is 5.65 Å². The number of aromatic amines is 1. The van der Waals surface area contributed by atoms with Gasteiger partial charge in [-0.15, -0.1) is 0 Å². The Bertz CT molecular complexity index is 1280. The number of H-pyrrole nitrogens is 1. The Hall–Kier alpha value is -3.15. The first kappa shape index (κ1) is 29.8. The van der Waals surface area contributed by atoms with Gasteiger partial charge in [0.05, 0.1) is 30.8 Å². The first-order valence-corrected chi connectivity index (χ1v) is 14.2. The summed E-state index contributed by atoms with van der Waals surface area (Å²) >= 11 is 5.79. The average Bonchev–Trinajstić information content (AvgIpc) is 3.45. The Labute approximate surface area is 236 Å². The van der Waals surface area contributed by atoms with Crippen molar-refractivity contribution in [3.05, 3.63) is 46.9 Å². The maximum absolute atomic E-state index is 13.3. The number of amides is 2. The van der Waals surface area contributed by atoms with Gasteiger partial charge < -0.3 is 14.8 Å². The minimum Gasteiger partial charge on any atom is -0.347 e. The lowest BCUT2D eigenvalue weighted by Crippen LogP contribution is -2.31. The van der Waals surface area contributed by atoms with Crippen LogP contribution in [-0.4, -0.2) is 59.3 Å². The van der Waals surface area contributed by atoms with Gasteiger partial charge in [0.15, 0.2) is 11.3 Å². The number of hydrogen-bond donors (Lipinski definition) is 1. The smallest absolute Gasteiger partial charge is 0.347 e. The van der Waals surface area contributed by atoms with E-state index in [1.165, 1.54) is 29.9 Å². The summed E-state index contributed by atoms with van der Waals surface area (Å²) in [5.74, 6) is 0.876. The van der Waals surface area contributed by atoms with Crippen molar-refractivity contribution in [3.63, 3.8) is 0 Å². The maximum atomic E-state index is 13.3. The molecule has 1 atom stereocenters. The van der Waals surface area contributed by atoms with Gasteiger partial charge in [-0.05, 0) is 43.7 Å². The summed E-state index contributed by atoms with van der Waals surface area (Å²) in [6.07, 6.45) is 7.02. The van der Waals surface area contributed by atoms with Crippen LogP contribution in [-0.2, 0) is 28.9 Å². The summed E-state index contributed by atoms with van der Waals surface area (Å²) < 4.78 is 40.9. The number of carbonyl (C=O) groups is 2. The zero-order valence-corrected chi connectivity index (χ0v) is 23.3. The molecule has 5 rings (SSSR count). The molecule has 2 saturated heterocycles. The van der Waals surface area contributed by atoms with Crippen molar-refractivity contribution in [1.82, 2.24) is 34.4 Å². The van der Waals surface area contributed by atoms with E-state index in [1.807, 2.05) is 4.90 Å². The van der Waals surface area contributed by atoms with Crippen LogP contribution < -0.4 is 0 Å². The lowest BCUT2D eigenvalue weighted by atomic mass is 9.96. The van der Waals surface area contributed by atoms with E-state index in [9.17, 15) is 22.8 Å². The topological polar surface area (TPSA) is 99.5 Å². The van der Waals surface area contributed by atoms with E-state index in [1.54, 1.807) is 12.5 Å². The molecule has 1 N–H and O–H groups in total. The normalized spacial score (nSPS) is 18.9. The van der Waals surface area contributed by atoms with E-state index in [-0.39, 0.29) is 28.9 Å². The Morgan fingerprint density at radius 2 is 1.80 bits per heavy atom. The van der Waals surface area contributed by atoms with Crippen LogP contribution in [0.15, 0.2) is 24.7 Å². The second-order valence-corrected chi connectivity index (χ2v) is 10.7. The molecular formula is C27H35ClF3N7O2. The number of hydrogen-bond acceptors (Lipinski definition) is 5. The zero-order chi connectivity index (χ0) is 28.7. The number of aromatic nitrogens is 5. The highest BCUT2D eigenvalue weighted by atomic mass is 35.5. The monoisotopic (exact) mass is 581 g/mol. The van der Waals surface area contributed by atoms with Crippen LogP contribution in [0.3, 0.4) is 0 Å². The molecule has 2 amide bonds. The molecule has 2 aliphatic rings. The summed E-state index contributed by atoms with van der Waals surface area (Å²) in [5, 5.41) is 3.97. The van der Waals surface area contributed by atoms with Gasteiger partial charge in [-0.1, -0.05) is 37.8 Å². The quantitative estimate of drug-likeness (QED) is 0.406. The van der Waals surface area contributed by atoms with E-state index >= 15 is 0 Å². The fourth-order valence-electron chi connectivity index (χ4n) is 5.25. The molecule has 1 unspecified atom stereocenters. The van der Waals surface area contributed by atoms with Crippen molar-refractivity contribution in [3.8, 4) is 0 Å². The van der Waals surface area contributed by atoms with Gasteiger partial charge in [0, 0.05) is 32.1 Å². The van der Waals surface area contributed by atoms with Gasteiger partial charge in [-0.3, -0.25) is 9.59 Å². The molecule has 13 heteroatoms. The molecule has 2 fully saturated rings. The lowest BCUT2D eigenvalue weighted by molar-refractivity contribution is -0.142. The van der Waals surface area contributed by atoms with Crippen molar-refractivity contribution in [2.45, 2.75) is 84.0 Å². The van der Waals surface area contributed by atoms with E-state index in [4.69, 9.17) is 11.6 Å². The van der Waals surface area contributed by atoms with Gasteiger partial charge in [0.2, 0.25) is 11.8 Å². The highest BCUT2D eigenvalue weighted by Crippen LogP contribution is 2.33. The fraction of sp³-hybridized carbons (Fsp3) is 0.593. The van der Waals surface area contributed by atoms with Gasteiger partial charge in [0.1, 0.15) is 5.15 Å². The van der Waals surface area contributed by atoms with E-state index < -0.39 is 11.9 Å². The van der Waals surface area contributed by atoms with Crippen molar-refractivity contribution >= 4 is 29.1 Å². The van der Waals surface area contributed by atoms with Crippen LogP contribution in [0.2, 0.25) is 5.15 Å². The molecule has 40 heavy (non-hydrogen) atoms. The van der Waals surface area contributed by atoms with Gasteiger partial charge in [0.25, 0.3) is 0 Å². The number of carbonyl (C=O) groups excluding carboxylic acids is 2. The van der Waals surface area contributed by atoms with Crippen LogP contribution >= 0.6 is 11.6 Å². The molecule has 0 radical (unpaired) electrons. The number of halogens is 4. The lowest BCUT2D eigenvalue weighted by Gasteiger charge is -2.21. The summed E-state index contributed by atoms with van der Waals surface area (Å²) in [6, 6.07) is 2.75. The number of alkyl halides is 3. The van der Waals surface area contributed by atoms with Crippen molar-refractivity contribution < 1.29 is 22.8 Å². The van der Waals surface area contributed by atoms with Crippen molar-refractivity contribution in [2.24, 2.45) is 5.92 Å². The standard InChI is InChI=1S/C14H14ClF3N4O.C13H21N3O/c15-10-5-6-11-19-13(14(16,17)18)9(22(11)20-10)8-21-7-3-1-2-4-12(21)23;1-2-3-11-4-5-13(17)16(7-6-11)9-12-8-14-10-15-12/h5-6H,1-4,7-8H2;8,10-11H,2-7,9H2,1H3,(H,14,15). The summed E-state index contributed by atoms with van der Waals surface area (Å²) in [6.45, 7) is 4.04. The Kier molecular flexibility index (Phi) is 10.0. The minimum atomic E-state index is -4.62. The number of likely N-dealkylation sites (tertiary alicyclic amines) is 2. The third-order valence-corrected chi connectivity index (χ3v) is 7.56. The SMILES string of the molecule is CCCC1CCC(=O)N(Cc2cnc[nH]2)CC1.O=C1CCCCCN1Cc1c(C(F)(F)F)nc2ccc(Cl)nn12. The summed E-state index contributed by atoms with van der Waals surface area (Å²) in [5.41, 5.74) is -0.110. The predicted octanol–water partition coefficient (Wildman–Crippen LogP) is 5.64. The molecule has 0 saturated carbocycles. The molecule has 0 aromatic carbocycles. The average molecular weight is 582 g/mol. The molecule has 0 spiro atoms. The van der Waals surface area contributed by atoms with Gasteiger partial charge >= 0.3 is 6.18 Å². The maximum Gasteiger partial charge on any atom is 0.435 e. The number of imidazole rings is 2. The highest BCUT2D eigenvalue weighted by Gasteiger charge is 2.39. The fourth-order valence-corrected chi connectivity index (χ4v) is 5.38. The molecular weight excluding hydrogens is 547 g/mol. The first-order valence-electron chi connectivity index (χ1n) is 13.8. The Balaban J connectivity index is 0.000000194.